The fourth-order valence-electron chi connectivity index (χ4n) is 2.37. The first kappa shape index (κ1) is 13.9. The van der Waals surface area contributed by atoms with E-state index in [4.69, 9.17) is 0 Å². The molecule has 2 nitrogen and oxygen atoms in total. The van der Waals surface area contributed by atoms with E-state index < -0.39 is 0 Å². The van der Waals surface area contributed by atoms with E-state index in [2.05, 4.69) is 58.2 Å². The van der Waals surface area contributed by atoms with Crippen LogP contribution in [0.25, 0.3) is 0 Å². The van der Waals surface area contributed by atoms with E-state index in [-0.39, 0.29) is 0 Å². The van der Waals surface area contributed by atoms with Crippen LogP contribution in [-0.4, -0.2) is 19.6 Å². The van der Waals surface area contributed by atoms with Gasteiger partial charge in [0.05, 0.1) is 0 Å². The number of nitrogens with one attached hydrogen (secondary N) is 1. The molecule has 1 aliphatic rings. The third kappa shape index (κ3) is 3.48. The van der Waals surface area contributed by atoms with Gasteiger partial charge in [-0.2, -0.15) is 0 Å². The first-order valence-electron chi connectivity index (χ1n) is 6.81. The monoisotopic (exact) mass is 310 g/mol. The van der Waals surface area contributed by atoms with Gasteiger partial charge in [-0.1, -0.05) is 35.8 Å². The fraction of sp³-hybridized carbons (Fsp3) is 0.600. The first-order valence-corrected chi connectivity index (χ1v) is 7.60. The Morgan fingerprint density at radius 1 is 1.39 bits per heavy atom. The van der Waals surface area contributed by atoms with Crippen LogP contribution in [0.3, 0.4) is 0 Å². The Bertz CT molecular complexity index is 399. The molecule has 0 spiro atoms. The van der Waals surface area contributed by atoms with Crippen molar-refractivity contribution in [3.63, 3.8) is 0 Å². The zero-order chi connectivity index (χ0) is 13.1. The number of halogens is 1. The maximum absolute atomic E-state index is 3.60. The van der Waals surface area contributed by atoms with Crippen molar-refractivity contribution in [2.45, 2.75) is 39.3 Å². The first-order chi connectivity index (χ1) is 8.61. The molecular formula is C15H23BrN2. The van der Waals surface area contributed by atoms with Crippen LogP contribution in [0.4, 0.5) is 5.69 Å². The Hall–Kier alpha value is -0.540. The van der Waals surface area contributed by atoms with E-state index in [1.165, 1.54) is 28.6 Å². The van der Waals surface area contributed by atoms with Crippen LogP contribution < -0.4 is 10.2 Å². The summed E-state index contributed by atoms with van der Waals surface area (Å²) < 4.78 is 1.17. The third-order valence-corrected chi connectivity index (χ3v) is 3.77. The van der Waals surface area contributed by atoms with Gasteiger partial charge in [-0.05, 0) is 43.5 Å². The molecule has 0 unspecified atom stereocenters. The Morgan fingerprint density at radius 2 is 2.11 bits per heavy atom. The van der Waals surface area contributed by atoms with Crippen molar-refractivity contribution in [2.24, 2.45) is 5.92 Å². The van der Waals surface area contributed by atoms with E-state index >= 15 is 0 Å². The van der Waals surface area contributed by atoms with E-state index in [0.29, 0.717) is 5.92 Å². The summed E-state index contributed by atoms with van der Waals surface area (Å²) in [6, 6.07) is 7.40. The summed E-state index contributed by atoms with van der Waals surface area (Å²) in [5.74, 6) is 0.701. The molecule has 1 aliphatic carbocycles. The number of rotatable bonds is 6. The highest BCUT2D eigenvalue weighted by Gasteiger charge is 2.30. The quantitative estimate of drug-likeness (QED) is 0.860. The van der Waals surface area contributed by atoms with E-state index in [0.717, 1.165) is 19.1 Å². The van der Waals surface area contributed by atoms with Crippen molar-refractivity contribution >= 4 is 21.6 Å². The molecule has 1 saturated carbocycles. The van der Waals surface area contributed by atoms with Crippen molar-refractivity contribution in [2.75, 3.05) is 18.5 Å². The number of hydrogen-bond acceptors (Lipinski definition) is 2. The second kappa shape index (κ2) is 6.07. The number of hydrogen-bond donors (Lipinski definition) is 1. The summed E-state index contributed by atoms with van der Waals surface area (Å²) in [5.41, 5.74) is 2.79. The maximum Gasteiger partial charge on any atom is 0.0425 e. The van der Waals surface area contributed by atoms with Crippen molar-refractivity contribution in [1.82, 2.24) is 5.32 Å². The van der Waals surface area contributed by atoms with Gasteiger partial charge in [0.15, 0.2) is 0 Å². The van der Waals surface area contributed by atoms with Crippen molar-refractivity contribution in [3.05, 3.63) is 28.2 Å². The van der Waals surface area contributed by atoms with Crippen LogP contribution in [0, 0.1) is 5.92 Å². The molecule has 0 aliphatic heterocycles. The largest absolute Gasteiger partial charge is 0.368 e. The van der Waals surface area contributed by atoms with Gasteiger partial charge >= 0.3 is 0 Å². The highest BCUT2D eigenvalue weighted by Crippen LogP contribution is 2.35. The van der Waals surface area contributed by atoms with Gasteiger partial charge in [-0.3, -0.25) is 0 Å². The standard InChI is InChI=1S/C15H23BrN2/c1-11(2)10-18(14-6-7-14)15-8-13(16)5-4-12(15)9-17-3/h4-5,8,11,14,17H,6-7,9-10H2,1-3H3. The summed E-state index contributed by atoms with van der Waals surface area (Å²) >= 11 is 3.60. The van der Waals surface area contributed by atoms with Gasteiger partial charge in [0.1, 0.15) is 0 Å². The number of anilines is 1. The highest BCUT2D eigenvalue weighted by atomic mass is 79.9. The van der Waals surface area contributed by atoms with Crippen LogP contribution in [0.5, 0.6) is 0 Å². The van der Waals surface area contributed by atoms with Gasteiger partial charge < -0.3 is 10.2 Å². The normalized spacial score (nSPS) is 15.2. The van der Waals surface area contributed by atoms with Gasteiger partial charge in [-0.15, -0.1) is 0 Å². The van der Waals surface area contributed by atoms with Gasteiger partial charge in [0.2, 0.25) is 0 Å². The highest BCUT2D eigenvalue weighted by molar-refractivity contribution is 9.10. The Kier molecular flexibility index (Phi) is 4.68. The molecule has 3 heteroatoms. The summed E-state index contributed by atoms with van der Waals surface area (Å²) in [5, 5.41) is 3.27. The predicted molar refractivity (Wildman–Crippen MR) is 82.1 cm³/mol. The van der Waals surface area contributed by atoms with Crippen LogP contribution in [-0.2, 0) is 6.54 Å². The minimum Gasteiger partial charge on any atom is -0.368 e. The lowest BCUT2D eigenvalue weighted by molar-refractivity contribution is 0.604. The van der Waals surface area contributed by atoms with Gasteiger partial charge in [-0.25, -0.2) is 0 Å². The van der Waals surface area contributed by atoms with E-state index in [1.54, 1.807) is 0 Å². The molecule has 100 valence electrons. The average molecular weight is 311 g/mol. The van der Waals surface area contributed by atoms with Crippen molar-refractivity contribution in [1.29, 1.82) is 0 Å². The third-order valence-electron chi connectivity index (χ3n) is 3.27. The maximum atomic E-state index is 3.60. The zero-order valence-electron chi connectivity index (χ0n) is 11.5. The van der Waals surface area contributed by atoms with E-state index in [1.807, 2.05) is 7.05 Å². The van der Waals surface area contributed by atoms with Crippen LogP contribution in [0.2, 0.25) is 0 Å². The smallest absolute Gasteiger partial charge is 0.0425 e. The Labute approximate surface area is 119 Å². The molecular weight excluding hydrogens is 288 g/mol. The van der Waals surface area contributed by atoms with Crippen LogP contribution in [0.15, 0.2) is 22.7 Å². The second-order valence-corrected chi connectivity index (χ2v) is 6.50. The lowest BCUT2D eigenvalue weighted by Crippen LogP contribution is -2.31. The summed E-state index contributed by atoms with van der Waals surface area (Å²) in [7, 11) is 2.01. The fourth-order valence-corrected chi connectivity index (χ4v) is 2.72. The summed E-state index contributed by atoms with van der Waals surface area (Å²) in [4.78, 5) is 2.60. The molecule has 2 rings (SSSR count). The molecule has 1 N–H and O–H groups in total. The minimum atomic E-state index is 0.701. The second-order valence-electron chi connectivity index (χ2n) is 5.58. The molecule has 1 aromatic carbocycles. The molecule has 0 bridgehead atoms. The average Bonchev–Trinajstić information content (AvgIpc) is 3.12. The summed E-state index contributed by atoms with van der Waals surface area (Å²) in [6.45, 7) is 6.68. The SMILES string of the molecule is CNCc1ccc(Br)cc1N(CC(C)C)C1CC1. The number of nitrogens with zero attached hydrogens (tertiary/aromatic N) is 1. The molecule has 1 aromatic rings. The molecule has 0 saturated heterocycles. The molecule has 0 aromatic heterocycles. The lowest BCUT2D eigenvalue weighted by atomic mass is 10.1. The predicted octanol–water partition coefficient (Wildman–Crippen LogP) is 3.79. The van der Waals surface area contributed by atoms with Crippen molar-refractivity contribution in [3.8, 4) is 0 Å². The lowest BCUT2D eigenvalue weighted by Gasteiger charge is -2.29. The Balaban J connectivity index is 2.29. The molecule has 1 fully saturated rings. The molecule has 0 amide bonds. The van der Waals surface area contributed by atoms with Crippen LogP contribution in [0.1, 0.15) is 32.3 Å². The molecule has 0 atom stereocenters. The summed E-state index contributed by atoms with van der Waals surface area (Å²) in [6.07, 6.45) is 2.69. The van der Waals surface area contributed by atoms with E-state index in [9.17, 15) is 0 Å². The molecule has 18 heavy (non-hydrogen) atoms. The van der Waals surface area contributed by atoms with Crippen molar-refractivity contribution < 1.29 is 0 Å². The number of benzene rings is 1. The van der Waals surface area contributed by atoms with Gasteiger partial charge in [0, 0.05) is 29.3 Å². The molecule has 0 heterocycles. The minimum absolute atomic E-state index is 0.701. The topological polar surface area (TPSA) is 15.3 Å². The molecule has 0 radical (unpaired) electrons. The zero-order valence-corrected chi connectivity index (χ0v) is 13.1. The Morgan fingerprint density at radius 3 is 2.67 bits per heavy atom. The van der Waals surface area contributed by atoms with Gasteiger partial charge in [0.25, 0.3) is 0 Å². The van der Waals surface area contributed by atoms with Crippen LogP contribution >= 0.6 is 15.9 Å².